The molecule has 20 heavy (non-hydrogen) atoms. The second-order valence-electron chi connectivity index (χ2n) is 5.37. The fraction of sp³-hybridized carbons (Fsp3) is 0.533. The van der Waals surface area contributed by atoms with Crippen molar-refractivity contribution in [3.05, 3.63) is 23.8 Å². The first kappa shape index (κ1) is 14.7. The van der Waals surface area contributed by atoms with E-state index in [1.54, 1.807) is 6.07 Å². The fourth-order valence-electron chi connectivity index (χ4n) is 3.35. The van der Waals surface area contributed by atoms with Gasteiger partial charge in [-0.2, -0.15) is 0 Å². The van der Waals surface area contributed by atoms with Gasteiger partial charge in [-0.15, -0.1) is 0 Å². The van der Waals surface area contributed by atoms with E-state index in [-0.39, 0.29) is 17.5 Å². The molecule has 1 aliphatic heterocycles. The van der Waals surface area contributed by atoms with Crippen LogP contribution in [-0.2, 0) is 4.79 Å². The van der Waals surface area contributed by atoms with Crippen LogP contribution < -0.4 is 0 Å². The molecule has 1 aromatic rings. The van der Waals surface area contributed by atoms with E-state index in [9.17, 15) is 20.1 Å². The molecule has 1 heterocycles. The van der Waals surface area contributed by atoms with Crippen LogP contribution in [0.2, 0.25) is 0 Å². The highest BCUT2D eigenvalue weighted by Gasteiger charge is 2.48. The molecular formula is C15H21NO4. The van der Waals surface area contributed by atoms with Crippen molar-refractivity contribution in [3.8, 4) is 11.5 Å². The maximum atomic E-state index is 11.7. The summed E-state index contributed by atoms with van der Waals surface area (Å²) in [5, 5.41) is 29.5. The number of hydrogen-bond acceptors (Lipinski definition) is 4. The third-order valence-corrected chi connectivity index (χ3v) is 4.47. The average molecular weight is 279 g/mol. The van der Waals surface area contributed by atoms with Crippen molar-refractivity contribution in [2.24, 2.45) is 0 Å². The average Bonchev–Trinajstić information content (AvgIpc) is 2.83. The largest absolute Gasteiger partial charge is 0.507 e. The summed E-state index contributed by atoms with van der Waals surface area (Å²) in [7, 11) is 0. The predicted molar refractivity (Wildman–Crippen MR) is 74.8 cm³/mol. The van der Waals surface area contributed by atoms with Gasteiger partial charge in [0.2, 0.25) is 0 Å². The van der Waals surface area contributed by atoms with Crippen LogP contribution in [0.15, 0.2) is 18.2 Å². The molecule has 0 aromatic heterocycles. The van der Waals surface area contributed by atoms with Gasteiger partial charge in [0, 0.05) is 6.04 Å². The van der Waals surface area contributed by atoms with Gasteiger partial charge in [-0.3, -0.25) is 9.69 Å². The monoisotopic (exact) mass is 279 g/mol. The summed E-state index contributed by atoms with van der Waals surface area (Å²) >= 11 is 0. The minimum Gasteiger partial charge on any atom is -0.507 e. The first-order valence-electron chi connectivity index (χ1n) is 6.95. The van der Waals surface area contributed by atoms with Gasteiger partial charge in [0.1, 0.15) is 17.0 Å². The van der Waals surface area contributed by atoms with Crippen molar-refractivity contribution >= 4 is 5.97 Å². The number of phenolic OH excluding ortho intramolecular Hbond substituents is 2. The molecule has 2 unspecified atom stereocenters. The zero-order chi connectivity index (χ0) is 14.9. The van der Waals surface area contributed by atoms with E-state index >= 15 is 0 Å². The Labute approximate surface area is 118 Å². The Bertz CT molecular complexity index is 496. The lowest BCUT2D eigenvalue weighted by Crippen LogP contribution is -2.50. The minimum atomic E-state index is -0.909. The molecule has 110 valence electrons. The quantitative estimate of drug-likeness (QED) is 0.789. The zero-order valence-corrected chi connectivity index (χ0v) is 11.8. The standard InChI is InChI=1S/C15H21NO4/c1-3-15(14(19)20)8-5-9-16(15)10(2)13-11(17)6-4-7-12(13)18/h4,6-7,10,17-18H,3,5,8-9H2,1-2H3,(H,19,20). The SMILES string of the molecule is CCC1(C(=O)O)CCCN1C(C)c1c(O)cccc1O. The Morgan fingerprint density at radius 1 is 1.40 bits per heavy atom. The van der Waals surface area contributed by atoms with E-state index in [2.05, 4.69) is 0 Å². The number of benzene rings is 1. The van der Waals surface area contributed by atoms with Crippen LogP contribution >= 0.6 is 0 Å². The molecular weight excluding hydrogens is 258 g/mol. The van der Waals surface area contributed by atoms with Crippen LogP contribution in [0.3, 0.4) is 0 Å². The van der Waals surface area contributed by atoms with Gasteiger partial charge >= 0.3 is 5.97 Å². The molecule has 5 nitrogen and oxygen atoms in total. The van der Waals surface area contributed by atoms with Gasteiger partial charge in [0.25, 0.3) is 0 Å². The third kappa shape index (κ3) is 2.12. The summed E-state index contributed by atoms with van der Waals surface area (Å²) in [6.07, 6.45) is 1.90. The summed E-state index contributed by atoms with van der Waals surface area (Å²) in [6.45, 7) is 4.34. The Morgan fingerprint density at radius 2 is 2.00 bits per heavy atom. The molecule has 0 saturated carbocycles. The highest BCUT2D eigenvalue weighted by molar-refractivity contribution is 5.79. The number of nitrogens with zero attached hydrogens (tertiary/aromatic N) is 1. The van der Waals surface area contributed by atoms with Crippen LogP contribution in [0.4, 0.5) is 0 Å². The molecule has 0 radical (unpaired) electrons. The number of hydrogen-bond donors (Lipinski definition) is 3. The van der Waals surface area contributed by atoms with E-state index in [4.69, 9.17) is 0 Å². The first-order chi connectivity index (χ1) is 9.44. The van der Waals surface area contributed by atoms with Gasteiger partial charge < -0.3 is 15.3 Å². The molecule has 2 rings (SSSR count). The molecule has 1 saturated heterocycles. The molecule has 1 aromatic carbocycles. The van der Waals surface area contributed by atoms with Crippen LogP contribution in [0, 0.1) is 0 Å². The number of carboxylic acid groups (broad SMARTS) is 1. The summed E-state index contributed by atoms with van der Waals surface area (Å²) in [5.41, 5.74) is -0.512. The second kappa shape index (κ2) is 5.32. The van der Waals surface area contributed by atoms with E-state index in [0.29, 0.717) is 24.9 Å². The number of phenols is 2. The lowest BCUT2D eigenvalue weighted by Gasteiger charge is -2.38. The van der Waals surface area contributed by atoms with Crippen molar-refractivity contribution in [2.75, 3.05) is 6.54 Å². The molecule has 0 spiro atoms. The van der Waals surface area contributed by atoms with Crippen LogP contribution in [0.25, 0.3) is 0 Å². The minimum absolute atomic E-state index is 0.000193. The highest BCUT2D eigenvalue weighted by atomic mass is 16.4. The van der Waals surface area contributed by atoms with Crippen molar-refractivity contribution in [1.82, 2.24) is 4.90 Å². The van der Waals surface area contributed by atoms with Crippen molar-refractivity contribution in [2.45, 2.75) is 44.7 Å². The first-order valence-corrected chi connectivity index (χ1v) is 6.95. The second-order valence-corrected chi connectivity index (χ2v) is 5.37. The lowest BCUT2D eigenvalue weighted by molar-refractivity contribution is -0.151. The number of carbonyl (C=O) groups is 1. The smallest absolute Gasteiger partial charge is 0.324 e. The molecule has 1 aliphatic rings. The van der Waals surface area contributed by atoms with Crippen LogP contribution in [0.1, 0.15) is 44.7 Å². The van der Waals surface area contributed by atoms with Gasteiger partial charge in [0.15, 0.2) is 0 Å². The molecule has 0 aliphatic carbocycles. The van der Waals surface area contributed by atoms with Crippen LogP contribution in [-0.4, -0.2) is 38.3 Å². The molecule has 1 fully saturated rings. The summed E-state index contributed by atoms with van der Waals surface area (Å²) < 4.78 is 0. The van der Waals surface area contributed by atoms with Crippen molar-refractivity contribution < 1.29 is 20.1 Å². The molecule has 0 bridgehead atoms. The van der Waals surface area contributed by atoms with E-state index in [0.717, 1.165) is 6.42 Å². The number of carboxylic acids is 1. The zero-order valence-electron chi connectivity index (χ0n) is 11.8. The topological polar surface area (TPSA) is 81.0 Å². The Hall–Kier alpha value is -1.75. The maximum Gasteiger partial charge on any atom is 0.324 e. The maximum absolute atomic E-state index is 11.7. The van der Waals surface area contributed by atoms with E-state index in [1.807, 2.05) is 18.7 Å². The van der Waals surface area contributed by atoms with E-state index in [1.165, 1.54) is 12.1 Å². The Kier molecular flexibility index (Phi) is 3.90. The predicted octanol–water partition coefficient (Wildman–Crippen LogP) is 2.49. The van der Waals surface area contributed by atoms with Crippen molar-refractivity contribution in [1.29, 1.82) is 0 Å². The fourth-order valence-corrected chi connectivity index (χ4v) is 3.35. The Morgan fingerprint density at radius 3 is 2.50 bits per heavy atom. The van der Waals surface area contributed by atoms with Crippen molar-refractivity contribution in [3.63, 3.8) is 0 Å². The Balaban J connectivity index is 2.42. The summed E-state index contributed by atoms with van der Waals surface area (Å²) in [4.78, 5) is 13.6. The number of rotatable bonds is 4. The highest BCUT2D eigenvalue weighted by Crippen LogP contribution is 2.43. The van der Waals surface area contributed by atoms with E-state index < -0.39 is 11.5 Å². The van der Waals surface area contributed by atoms with Crippen LogP contribution in [0.5, 0.6) is 11.5 Å². The van der Waals surface area contributed by atoms with Gasteiger partial charge in [-0.1, -0.05) is 13.0 Å². The molecule has 2 atom stereocenters. The number of aromatic hydroxyl groups is 2. The summed E-state index contributed by atoms with van der Waals surface area (Å²) in [6, 6.07) is 4.23. The normalized spacial score (nSPS) is 24.7. The molecule has 0 amide bonds. The molecule has 5 heteroatoms. The number of likely N-dealkylation sites (tertiary alicyclic amines) is 1. The molecule has 3 N–H and O–H groups in total. The van der Waals surface area contributed by atoms with Gasteiger partial charge in [-0.05, 0) is 44.9 Å². The summed E-state index contributed by atoms with van der Waals surface area (Å²) in [5.74, 6) is -0.834. The number of aliphatic carboxylic acids is 1. The van der Waals surface area contributed by atoms with Gasteiger partial charge in [0.05, 0.1) is 5.56 Å². The van der Waals surface area contributed by atoms with Gasteiger partial charge in [-0.25, -0.2) is 0 Å². The third-order valence-electron chi connectivity index (χ3n) is 4.47. The lowest BCUT2D eigenvalue weighted by atomic mass is 9.90.